The maximum absolute atomic E-state index is 3.60. The van der Waals surface area contributed by atoms with Crippen LogP contribution in [-0.2, 0) is 0 Å². The number of hydrogen-bond donors (Lipinski definition) is 1. The first-order chi connectivity index (χ1) is 8.35. The van der Waals surface area contributed by atoms with Crippen LogP contribution in [0.3, 0.4) is 0 Å². The molecule has 1 aromatic carbocycles. The van der Waals surface area contributed by atoms with Gasteiger partial charge in [0, 0.05) is 20.1 Å². The van der Waals surface area contributed by atoms with Crippen molar-refractivity contribution in [1.82, 2.24) is 10.2 Å². The van der Waals surface area contributed by atoms with Crippen molar-refractivity contribution in [2.45, 2.75) is 38.8 Å². The fourth-order valence-corrected chi connectivity index (χ4v) is 2.89. The Bertz CT molecular complexity index is 329. The van der Waals surface area contributed by atoms with E-state index in [2.05, 4.69) is 54.4 Å². The van der Waals surface area contributed by atoms with Crippen LogP contribution >= 0.6 is 0 Å². The molecule has 0 saturated carbocycles. The molecule has 1 aromatic rings. The molecule has 2 rings (SSSR count). The molecule has 1 aliphatic rings. The standard InChI is InChI=1S/C15H24N2.H2/c1-3-16-14-10-11-17(4-2)15(12-14)13-8-6-5-7-9-13;/h5-9,14-16H,3-4,10-12H2,1-2H3;1H/t14-,15+;/m1./s1. The van der Waals surface area contributed by atoms with E-state index in [-0.39, 0.29) is 1.43 Å². The Labute approximate surface area is 107 Å². The molecule has 0 aromatic heterocycles. The monoisotopic (exact) mass is 234 g/mol. The van der Waals surface area contributed by atoms with Gasteiger partial charge in [-0.2, -0.15) is 0 Å². The Morgan fingerprint density at radius 2 is 2.06 bits per heavy atom. The zero-order valence-corrected chi connectivity index (χ0v) is 11.0. The predicted octanol–water partition coefficient (Wildman–Crippen LogP) is 3.07. The van der Waals surface area contributed by atoms with Gasteiger partial charge in [-0.05, 0) is 31.5 Å². The molecule has 1 N–H and O–H groups in total. The molecular weight excluding hydrogens is 208 g/mol. The third-order valence-corrected chi connectivity index (χ3v) is 3.80. The molecule has 2 atom stereocenters. The number of nitrogens with one attached hydrogen (secondary N) is 1. The largest absolute Gasteiger partial charge is 0.314 e. The van der Waals surface area contributed by atoms with Crippen molar-refractivity contribution >= 4 is 0 Å². The molecule has 1 saturated heterocycles. The van der Waals surface area contributed by atoms with Crippen LogP contribution < -0.4 is 5.32 Å². The second kappa shape index (κ2) is 6.18. The number of hydrogen-bond acceptors (Lipinski definition) is 2. The van der Waals surface area contributed by atoms with Crippen molar-refractivity contribution in [3.63, 3.8) is 0 Å². The zero-order valence-electron chi connectivity index (χ0n) is 11.0. The highest BCUT2D eigenvalue weighted by Gasteiger charge is 2.27. The molecule has 0 bridgehead atoms. The van der Waals surface area contributed by atoms with Gasteiger partial charge in [0.1, 0.15) is 0 Å². The molecule has 1 aliphatic heterocycles. The molecule has 0 unspecified atom stereocenters. The molecule has 0 amide bonds. The van der Waals surface area contributed by atoms with Gasteiger partial charge in [0.05, 0.1) is 0 Å². The highest BCUT2D eigenvalue weighted by Crippen LogP contribution is 2.30. The highest BCUT2D eigenvalue weighted by atomic mass is 15.2. The Hall–Kier alpha value is -0.860. The van der Waals surface area contributed by atoms with Crippen molar-refractivity contribution in [2.24, 2.45) is 0 Å². The van der Waals surface area contributed by atoms with Gasteiger partial charge < -0.3 is 5.32 Å². The molecule has 17 heavy (non-hydrogen) atoms. The van der Waals surface area contributed by atoms with Gasteiger partial charge in [-0.3, -0.25) is 4.90 Å². The van der Waals surface area contributed by atoms with E-state index in [1.807, 2.05) is 0 Å². The minimum Gasteiger partial charge on any atom is -0.314 e. The average molecular weight is 234 g/mol. The minimum absolute atomic E-state index is 0. The van der Waals surface area contributed by atoms with E-state index in [9.17, 15) is 0 Å². The fraction of sp³-hybridized carbons (Fsp3) is 0.600. The van der Waals surface area contributed by atoms with Crippen molar-refractivity contribution in [2.75, 3.05) is 19.6 Å². The topological polar surface area (TPSA) is 15.3 Å². The lowest BCUT2D eigenvalue weighted by atomic mass is 9.92. The van der Waals surface area contributed by atoms with Crippen LogP contribution in [-0.4, -0.2) is 30.6 Å². The van der Waals surface area contributed by atoms with Crippen molar-refractivity contribution in [1.29, 1.82) is 0 Å². The summed E-state index contributed by atoms with van der Waals surface area (Å²) in [6.07, 6.45) is 2.52. The van der Waals surface area contributed by atoms with Gasteiger partial charge in [0.2, 0.25) is 0 Å². The molecule has 2 nitrogen and oxygen atoms in total. The first-order valence-electron chi connectivity index (χ1n) is 6.87. The van der Waals surface area contributed by atoms with Gasteiger partial charge in [-0.1, -0.05) is 44.2 Å². The molecule has 0 aliphatic carbocycles. The third-order valence-electron chi connectivity index (χ3n) is 3.80. The second-order valence-corrected chi connectivity index (χ2v) is 4.83. The first-order valence-corrected chi connectivity index (χ1v) is 6.87. The summed E-state index contributed by atoms with van der Waals surface area (Å²) in [7, 11) is 0. The number of piperidine rings is 1. The maximum atomic E-state index is 3.60. The number of rotatable bonds is 4. The molecule has 0 spiro atoms. The lowest BCUT2D eigenvalue weighted by molar-refractivity contribution is 0.132. The smallest absolute Gasteiger partial charge is 0.0362 e. The van der Waals surface area contributed by atoms with Crippen LogP contribution in [0.5, 0.6) is 0 Å². The molecule has 96 valence electrons. The summed E-state index contributed by atoms with van der Waals surface area (Å²) >= 11 is 0. The zero-order chi connectivity index (χ0) is 12.1. The summed E-state index contributed by atoms with van der Waals surface area (Å²) < 4.78 is 0. The summed E-state index contributed by atoms with van der Waals surface area (Å²) in [4.78, 5) is 2.60. The maximum Gasteiger partial charge on any atom is 0.0362 e. The van der Waals surface area contributed by atoms with Crippen LogP contribution in [0.15, 0.2) is 30.3 Å². The summed E-state index contributed by atoms with van der Waals surface area (Å²) in [6.45, 7) is 7.91. The van der Waals surface area contributed by atoms with Crippen LogP contribution in [0.25, 0.3) is 0 Å². The molecule has 1 heterocycles. The van der Waals surface area contributed by atoms with E-state index in [4.69, 9.17) is 0 Å². The summed E-state index contributed by atoms with van der Waals surface area (Å²) in [5.74, 6) is 0. The Morgan fingerprint density at radius 3 is 2.71 bits per heavy atom. The van der Waals surface area contributed by atoms with E-state index in [1.54, 1.807) is 0 Å². The normalized spacial score (nSPS) is 26.0. The lowest BCUT2D eigenvalue weighted by Gasteiger charge is -2.39. The average Bonchev–Trinajstić information content (AvgIpc) is 2.40. The van der Waals surface area contributed by atoms with Gasteiger partial charge in [0.25, 0.3) is 0 Å². The van der Waals surface area contributed by atoms with Crippen molar-refractivity contribution < 1.29 is 1.43 Å². The van der Waals surface area contributed by atoms with Gasteiger partial charge in [-0.25, -0.2) is 0 Å². The van der Waals surface area contributed by atoms with E-state index in [0.717, 1.165) is 13.1 Å². The Balaban J connectivity index is 0.00000162. The summed E-state index contributed by atoms with van der Waals surface area (Å²) in [5.41, 5.74) is 1.47. The molecule has 2 heteroatoms. The van der Waals surface area contributed by atoms with Crippen LogP contribution in [0.4, 0.5) is 0 Å². The SMILES string of the molecule is CCN[C@@H]1CCN(CC)[C@H](c2ccccc2)C1.[HH]. The predicted molar refractivity (Wildman–Crippen MR) is 75.2 cm³/mol. The number of likely N-dealkylation sites (tertiary alicyclic amines) is 1. The molecular formula is C15H26N2. The quantitative estimate of drug-likeness (QED) is 0.861. The van der Waals surface area contributed by atoms with E-state index in [0.29, 0.717) is 12.1 Å². The van der Waals surface area contributed by atoms with E-state index in [1.165, 1.54) is 24.9 Å². The first kappa shape index (κ1) is 12.6. The van der Waals surface area contributed by atoms with Crippen LogP contribution in [0.2, 0.25) is 0 Å². The second-order valence-electron chi connectivity index (χ2n) is 4.83. The van der Waals surface area contributed by atoms with Crippen LogP contribution in [0.1, 0.15) is 39.7 Å². The van der Waals surface area contributed by atoms with Crippen molar-refractivity contribution in [3.05, 3.63) is 35.9 Å². The lowest BCUT2D eigenvalue weighted by Crippen LogP contribution is -2.44. The number of nitrogens with zero attached hydrogens (tertiary/aromatic N) is 1. The highest BCUT2D eigenvalue weighted by molar-refractivity contribution is 5.20. The minimum atomic E-state index is 0. The Kier molecular flexibility index (Phi) is 4.57. The van der Waals surface area contributed by atoms with Gasteiger partial charge >= 0.3 is 0 Å². The molecule has 1 fully saturated rings. The summed E-state index contributed by atoms with van der Waals surface area (Å²) in [5, 5.41) is 3.60. The fourth-order valence-electron chi connectivity index (χ4n) is 2.89. The third kappa shape index (κ3) is 3.08. The summed E-state index contributed by atoms with van der Waals surface area (Å²) in [6, 6.07) is 12.2. The van der Waals surface area contributed by atoms with Gasteiger partial charge in [0.15, 0.2) is 0 Å². The van der Waals surface area contributed by atoms with E-state index < -0.39 is 0 Å². The van der Waals surface area contributed by atoms with Gasteiger partial charge in [-0.15, -0.1) is 0 Å². The van der Waals surface area contributed by atoms with Crippen molar-refractivity contribution in [3.8, 4) is 0 Å². The number of benzene rings is 1. The molecule has 0 radical (unpaired) electrons. The Morgan fingerprint density at radius 1 is 1.29 bits per heavy atom. The van der Waals surface area contributed by atoms with E-state index >= 15 is 0 Å². The van der Waals surface area contributed by atoms with Crippen LogP contribution in [0, 0.1) is 0 Å².